The maximum absolute atomic E-state index is 9.74. The zero-order chi connectivity index (χ0) is 10.9. The molecule has 0 bridgehead atoms. The minimum Gasteiger partial charge on any atom is -0.508 e. The largest absolute Gasteiger partial charge is 0.508 e. The van der Waals surface area contributed by atoms with Crippen LogP contribution in [0.5, 0.6) is 0 Å². The molecule has 1 aliphatic rings. The first kappa shape index (κ1) is 9.96. The van der Waals surface area contributed by atoms with Crippen molar-refractivity contribution in [3.8, 4) is 0 Å². The second-order valence-corrected chi connectivity index (χ2v) is 3.85. The topological polar surface area (TPSA) is 72.3 Å². The summed E-state index contributed by atoms with van der Waals surface area (Å²) in [6.45, 7) is 0. The first-order chi connectivity index (χ1) is 7.08. The van der Waals surface area contributed by atoms with Crippen LogP contribution in [0.3, 0.4) is 0 Å². The van der Waals surface area contributed by atoms with E-state index in [0.29, 0.717) is 6.42 Å². The molecule has 0 saturated heterocycles. The van der Waals surface area contributed by atoms with Crippen molar-refractivity contribution in [2.24, 2.45) is 11.5 Å². The number of benzene rings is 1. The van der Waals surface area contributed by atoms with E-state index in [9.17, 15) is 5.11 Å². The molecule has 1 aromatic rings. The van der Waals surface area contributed by atoms with Gasteiger partial charge in [0, 0.05) is 12.0 Å². The van der Waals surface area contributed by atoms with Gasteiger partial charge in [-0.3, -0.25) is 0 Å². The highest BCUT2D eigenvalue weighted by Crippen LogP contribution is 2.29. The van der Waals surface area contributed by atoms with Crippen molar-refractivity contribution < 1.29 is 5.11 Å². The second kappa shape index (κ2) is 3.53. The summed E-state index contributed by atoms with van der Waals surface area (Å²) in [6, 6.07) is 9.63. The SMILES string of the molecule is NC1(N)C=CC(O)=C(c2ccccc2)C1. The van der Waals surface area contributed by atoms with Gasteiger partial charge in [0.15, 0.2) is 0 Å². The Labute approximate surface area is 88.7 Å². The fourth-order valence-electron chi connectivity index (χ4n) is 1.68. The van der Waals surface area contributed by atoms with E-state index in [-0.39, 0.29) is 5.76 Å². The molecule has 1 aromatic carbocycles. The molecule has 0 saturated carbocycles. The van der Waals surface area contributed by atoms with E-state index in [0.717, 1.165) is 11.1 Å². The molecule has 3 heteroatoms. The molecule has 0 aromatic heterocycles. The number of hydrogen-bond donors (Lipinski definition) is 3. The molecule has 78 valence electrons. The molecule has 0 aliphatic heterocycles. The standard InChI is InChI=1S/C12H14N2O/c13-12(14)7-6-11(15)10(8-12)9-4-2-1-3-5-9/h1-7,15H,8,13-14H2. The Morgan fingerprint density at radius 3 is 2.47 bits per heavy atom. The predicted molar refractivity (Wildman–Crippen MR) is 60.9 cm³/mol. The number of aliphatic hydroxyl groups excluding tert-OH is 1. The summed E-state index contributed by atoms with van der Waals surface area (Å²) >= 11 is 0. The Morgan fingerprint density at radius 2 is 1.80 bits per heavy atom. The summed E-state index contributed by atoms with van der Waals surface area (Å²) in [7, 11) is 0. The summed E-state index contributed by atoms with van der Waals surface area (Å²) < 4.78 is 0. The zero-order valence-corrected chi connectivity index (χ0v) is 8.35. The van der Waals surface area contributed by atoms with E-state index < -0.39 is 5.66 Å². The van der Waals surface area contributed by atoms with Crippen LogP contribution < -0.4 is 11.5 Å². The molecule has 0 radical (unpaired) electrons. The third-order valence-electron chi connectivity index (χ3n) is 2.47. The van der Waals surface area contributed by atoms with Crippen LogP contribution in [-0.2, 0) is 0 Å². The Bertz CT molecular complexity index is 419. The Morgan fingerprint density at radius 1 is 1.13 bits per heavy atom. The Kier molecular flexibility index (Phi) is 2.34. The predicted octanol–water partition coefficient (Wildman–Crippen LogP) is 1.53. The van der Waals surface area contributed by atoms with Gasteiger partial charge in [0.05, 0.1) is 5.66 Å². The van der Waals surface area contributed by atoms with Crippen LogP contribution in [0, 0.1) is 0 Å². The first-order valence-corrected chi connectivity index (χ1v) is 4.83. The van der Waals surface area contributed by atoms with E-state index in [2.05, 4.69) is 0 Å². The molecule has 2 rings (SSSR count). The van der Waals surface area contributed by atoms with E-state index in [4.69, 9.17) is 11.5 Å². The van der Waals surface area contributed by atoms with Gasteiger partial charge in [0.1, 0.15) is 5.76 Å². The summed E-state index contributed by atoms with van der Waals surface area (Å²) in [5.74, 6) is 0.243. The van der Waals surface area contributed by atoms with E-state index >= 15 is 0 Å². The Hall–Kier alpha value is -1.58. The number of allylic oxidation sites excluding steroid dienone is 1. The van der Waals surface area contributed by atoms with Crippen LogP contribution >= 0.6 is 0 Å². The lowest BCUT2D eigenvalue weighted by molar-refractivity contribution is 0.420. The lowest BCUT2D eigenvalue weighted by Gasteiger charge is -2.26. The van der Waals surface area contributed by atoms with Crippen LogP contribution in [0.2, 0.25) is 0 Å². The van der Waals surface area contributed by atoms with E-state index in [1.165, 1.54) is 0 Å². The van der Waals surface area contributed by atoms with Crippen molar-refractivity contribution in [3.63, 3.8) is 0 Å². The van der Waals surface area contributed by atoms with Crippen LogP contribution in [0.4, 0.5) is 0 Å². The monoisotopic (exact) mass is 202 g/mol. The zero-order valence-electron chi connectivity index (χ0n) is 8.35. The van der Waals surface area contributed by atoms with Gasteiger partial charge >= 0.3 is 0 Å². The summed E-state index contributed by atoms with van der Waals surface area (Å²) in [5, 5.41) is 9.74. The minimum absolute atomic E-state index is 0.243. The van der Waals surface area contributed by atoms with Gasteiger partial charge in [-0.05, 0) is 17.7 Å². The van der Waals surface area contributed by atoms with Gasteiger partial charge in [-0.25, -0.2) is 0 Å². The molecule has 5 N–H and O–H groups in total. The van der Waals surface area contributed by atoms with Crippen LogP contribution in [0.1, 0.15) is 12.0 Å². The maximum Gasteiger partial charge on any atom is 0.119 e. The molecule has 0 heterocycles. The van der Waals surface area contributed by atoms with Gasteiger partial charge < -0.3 is 16.6 Å². The van der Waals surface area contributed by atoms with E-state index in [1.54, 1.807) is 12.2 Å². The number of nitrogens with two attached hydrogens (primary N) is 2. The lowest BCUT2D eigenvalue weighted by atomic mass is 9.90. The highest BCUT2D eigenvalue weighted by molar-refractivity contribution is 5.71. The van der Waals surface area contributed by atoms with Gasteiger partial charge in [-0.15, -0.1) is 0 Å². The van der Waals surface area contributed by atoms with Crippen LogP contribution in [0.25, 0.3) is 5.57 Å². The molecular formula is C12H14N2O. The van der Waals surface area contributed by atoms with E-state index in [1.807, 2.05) is 30.3 Å². The smallest absolute Gasteiger partial charge is 0.119 e. The average molecular weight is 202 g/mol. The fraction of sp³-hybridized carbons (Fsp3) is 0.167. The number of aliphatic hydroxyl groups is 1. The fourth-order valence-corrected chi connectivity index (χ4v) is 1.68. The van der Waals surface area contributed by atoms with Crippen molar-refractivity contribution >= 4 is 5.57 Å². The normalized spacial score (nSPS) is 19.3. The summed E-state index contributed by atoms with van der Waals surface area (Å²) in [6.07, 6.45) is 3.62. The second-order valence-electron chi connectivity index (χ2n) is 3.85. The molecule has 0 unspecified atom stereocenters. The third-order valence-corrected chi connectivity index (χ3v) is 2.47. The van der Waals surface area contributed by atoms with Crippen molar-refractivity contribution in [1.82, 2.24) is 0 Å². The van der Waals surface area contributed by atoms with Crippen molar-refractivity contribution in [3.05, 3.63) is 53.8 Å². The average Bonchev–Trinajstić information content (AvgIpc) is 2.23. The molecule has 15 heavy (non-hydrogen) atoms. The summed E-state index contributed by atoms with van der Waals surface area (Å²) in [5.41, 5.74) is 12.5. The van der Waals surface area contributed by atoms with Crippen molar-refractivity contribution in [2.75, 3.05) is 0 Å². The van der Waals surface area contributed by atoms with Gasteiger partial charge in [-0.2, -0.15) is 0 Å². The van der Waals surface area contributed by atoms with Gasteiger partial charge in [0.2, 0.25) is 0 Å². The molecule has 0 atom stereocenters. The molecule has 0 fully saturated rings. The molecular weight excluding hydrogens is 188 g/mol. The van der Waals surface area contributed by atoms with Crippen molar-refractivity contribution in [2.45, 2.75) is 12.1 Å². The molecule has 0 amide bonds. The molecule has 3 nitrogen and oxygen atoms in total. The number of hydrogen-bond acceptors (Lipinski definition) is 3. The highest BCUT2D eigenvalue weighted by Gasteiger charge is 2.24. The van der Waals surface area contributed by atoms with Crippen LogP contribution in [-0.4, -0.2) is 10.8 Å². The van der Waals surface area contributed by atoms with Crippen molar-refractivity contribution in [1.29, 1.82) is 0 Å². The van der Waals surface area contributed by atoms with Gasteiger partial charge in [0.25, 0.3) is 0 Å². The van der Waals surface area contributed by atoms with Gasteiger partial charge in [-0.1, -0.05) is 30.3 Å². The third kappa shape index (κ3) is 2.09. The molecule has 1 aliphatic carbocycles. The Balaban J connectivity index is 2.41. The minimum atomic E-state index is -0.864. The quantitative estimate of drug-likeness (QED) is 0.605. The highest BCUT2D eigenvalue weighted by atomic mass is 16.3. The molecule has 0 spiro atoms. The maximum atomic E-state index is 9.74. The lowest BCUT2D eigenvalue weighted by Crippen LogP contribution is -2.48. The van der Waals surface area contributed by atoms with Crippen LogP contribution in [0.15, 0.2) is 48.2 Å². The first-order valence-electron chi connectivity index (χ1n) is 4.83. The number of rotatable bonds is 1. The summed E-state index contributed by atoms with van der Waals surface area (Å²) in [4.78, 5) is 0.